The minimum absolute atomic E-state index is 0.0992. The molecule has 5 heteroatoms. The van der Waals surface area contributed by atoms with E-state index in [0.717, 1.165) is 38.5 Å². The average molecular weight is 246 g/mol. The van der Waals surface area contributed by atoms with Crippen molar-refractivity contribution in [1.82, 2.24) is 0 Å². The molecular formula is C11H16ClNO3. The van der Waals surface area contributed by atoms with Gasteiger partial charge < -0.3 is 9.94 Å². The Hall–Kier alpha value is -0.770. The van der Waals surface area contributed by atoms with Crippen LogP contribution in [0.15, 0.2) is 5.16 Å². The molecule has 0 atom stereocenters. The van der Waals surface area contributed by atoms with Gasteiger partial charge in [0.25, 0.3) is 0 Å². The van der Waals surface area contributed by atoms with E-state index in [1.807, 2.05) is 0 Å². The maximum atomic E-state index is 11.8. The molecule has 0 aromatic heterocycles. The SMILES string of the molecule is COC(=O)C12CCC(/C(Cl)=N\O)(CC1)CC2. The lowest BCUT2D eigenvalue weighted by atomic mass is 9.54. The van der Waals surface area contributed by atoms with Crippen LogP contribution < -0.4 is 0 Å². The Labute approximate surface area is 99.6 Å². The zero-order valence-corrected chi connectivity index (χ0v) is 10.1. The minimum atomic E-state index is -0.302. The molecular weight excluding hydrogens is 230 g/mol. The number of halogens is 1. The van der Waals surface area contributed by atoms with E-state index in [1.54, 1.807) is 0 Å². The third-order valence-corrected chi connectivity index (χ3v) is 4.87. The first-order valence-corrected chi connectivity index (χ1v) is 5.93. The summed E-state index contributed by atoms with van der Waals surface area (Å²) in [4.78, 5) is 11.8. The Morgan fingerprint density at radius 1 is 1.19 bits per heavy atom. The molecule has 16 heavy (non-hydrogen) atoms. The second-order valence-corrected chi connectivity index (χ2v) is 5.30. The molecule has 3 aliphatic carbocycles. The summed E-state index contributed by atoms with van der Waals surface area (Å²) in [6.07, 6.45) is 4.78. The monoisotopic (exact) mass is 245 g/mol. The van der Waals surface area contributed by atoms with Gasteiger partial charge in [-0.2, -0.15) is 0 Å². The van der Waals surface area contributed by atoms with E-state index in [0.29, 0.717) is 5.17 Å². The summed E-state index contributed by atoms with van der Waals surface area (Å²) in [6.45, 7) is 0. The van der Waals surface area contributed by atoms with E-state index < -0.39 is 0 Å². The van der Waals surface area contributed by atoms with Crippen LogP contribution in [0.1, 0.15) is 38.5 Å². The number of ether oxygens (including phenoxy) is 1. The number of fused-ring (bicyclic) bond motifs is 3. The summed E-state index contributed by atoms with van der Waals surface area (Å²) in [5, 5.41) is 12.2. The van der Waals surface area contributed by atoms with Crippen molar-refractivity contribution in [2.24, 2.45) is 16.0 Å². The molecule has 0 aliphatic heterocycles. The van der Waals surface area contributed by atoms with Crippen LogP contribution in [0.3, 0.4) is 0 Å². The highest BCUT2D eigenvalue weighted by molar-refractivity contribution is 6.66. The first-order valence-electron chi connectivity index (χ1n) is 5.55. The molecule has 0 unspecified atom stereocenters. The van der Waals surface area contributed by atoms with Crippen LogP contribution in [-0.4, -0.2) is 23.5 Å². The summed E-state index contributed by atoms with van der Waals surface area (Å²) < 4.78 is 4.88. The van der Waals surface area contributed by atoms with Crippen molar-refractivity contribution >= 4 is 22.7 Å². The first kappa shape index (κ1) is 11.7. The molecule has 3 saturated carbocycles. The lowest BCUT2D eigenvalue weighted by molar-refractivity contribution is -0.160. The molecule has 0 amide bonds. The zero-order chi connectivity index (χ0) is 11.8. The Kier molecular flexibility index (Phi) is 2.86. The van der Waals surface area contributed by atoms with Gasteiger partial charge in [0.05, 0.1) is 12.5 Å². The molecule has 4 nitrogen and oxygen atoms in total. The van der Waals surface area contributed by atoms with Gasteiger partial charge in [0.1, 0.15) is 0 Å². The van der Waals surface area contributed by atoms with Crippen molar-refractivity contribution in [3.8, 4) is 0 Å². The maximum Gasteiger partial charge on any atom is 0.311 e. The van der Waals surface area contributed by atoms with Crippen molar-refractivity contribution in [2.75, 3.05) is 7.11 Å². The number of methoxy groups -OCH3 is 1. The van der Waals surface area contributed by atoms with Gasteiger partial charge in [0.15, 0.2) is 5.17 Å². The molecule has 0 radical (unpaired) electrons. The van der Waals surface area contributed by atoms with Crippen molar-refractivity contribution in [3.05, 3.63) is 0 Å². The molecule has 0 aromatic carbocycles. The molecule has 90 valence electrons. The van der Waals surface area contributed by atoms with Crippen LogP contribution in [0.4, 0.5) is 0 Å². The zero-order valence-electron chi connectivity index (χ0n) is 9.33. The van der Waals surface area contributed by atoms with Crippen molar-refractivity contribution < 1.29 is 14.7 Å². The number of rotatable bonds is 2. The first-order chi connectivity index (χ1) is 7.58. The summed E-state index contributed by atoms with van der Waals surface area (Å²) >= 11 is 5.97. The predicted molar refractivity (Wildman–Crippen MR) is 59.7 cm³/mol. The van der Waals surface area contributed by atoms with Gasteiger partial charge in [-0.1, -0.05) is 16.8 Å². The fourth-order valence-electron chi connectivity index (χ4n) is 3.12. The lowest BCUT2D eigenvalue weighted by Crippen LogP contribution is -2.48. The van der Waals surface area contributed by atoms with Gasteiger partial charge >= 0.3 is 5.97 Å². The van der Waals surface area contributed by atoms with Gasteiger partial charge in [-0.05, 0) is 38.5 Å². The number of hydrogen-bond donors (Lipinski definition) is 1. The fourth-order valence-corrected chi connectivity index (χ4v) is 3.41. The largest absolute Gasteiger partial charge is 0.469 e. The van der Waals surface area contributed by atoms with Crippen LogP contribution in [-0.2, 0) is 9.53 Å². The second kappa shape index (κ2) is 3.91. The van der Waals surface area contributed by atoms with Gasteiger partial charge in [0, 0.05) is 5.41 Å². The highest BCUT2D eigenvalue weighted by atomic mass is 35.5. The molecule has 0 aromatic rings. The van der Waals surface area contributed by atoms with Crippen LogP contribution in [0, 0.1) is 10.8 Å². The van der Waals surface area contributed by atoms with Crippen LogP contribution >= 0.6 is 11.6 Å². The quantitative estimate of drug-likeness (QED) is 0.352. The average Bonchev–Trinajstić information content (AvgIpc) is 2.38. The Morgan fingerprint density at radius 3 is 2.00 bits per heavy atom. The summed E-state index contributed by atoms with van der Waals surface area (Å²) in [7, 11) is 1.44. The standard InChI is InChI=1S/C11H16ClNO3/c1-16-9(14)11-5-2-10(3-6-11,4-7-11)8(12)13-15/h15H,2-7H2,1H3/b13-8+. The van der Waals surface area contributed by atoms with E-state index in [1.165, 1.54) is 7.11 Å². The van der Waals surface area contributed by atoms with E-state index >= 15 is 0 Å². The molecule has 3 aliphatic rings. The molecule has 2 bridgehead atoms. The van der Waals surface area contributed by atoms with Crippen molar-refractivity contribution in [2.45, 2.75) is 38.5 Å². The smallest absolute Gasteiger partial charge is 0.311 e. The van der Waals surface area contributed by atoms with Crippen molar-refractivity contribution in [1.29, 1.82) is 0 Å². The highest BCUT2D eigenvalue weighted by Gasteiger charge is 2.54. The molecule has 0 saturated heterocycles. The summed E-state index contributed by atoms with van der Waals surface area (Å²) in [6, 6.07) is 0. The van der Waals surface area contributed by atoms with Crippen LogP contribution in [0.2, 0.25) is 0 Å². The topological polar surface area (TPSA) is 58.9 Å². The molecule has 3 rings (SSSR count). The number of nitrogens with zero attached hydrogens (tertiary/aromatic N) is 1. The molecule has 0 heterocycles. The van der Waals surface area contributed by atoms with E-state index in [-0.39, 0.29) is 16.8 Å². The van der Waals surface area contributed by atoms with E-state index in [9.17, 15) is 4.79 Å². The number of oxime groups is 1. The third-order valence-electron chi connectivity index (χ3n) is 4.39. The van der Waals surface area contributed by atoms with Crippen LogP contribution in [0.5, 0.6) is 0 Å². The summed E-state index contributed by atoms with van der Waals surface area (Å²) in [5.74, 6) is -0.0992. The maximum absolute atomic E-state index is 11.8. The van der Waals surface area contributed by atoms with Crippen LogP contribution in [0.25, 0.3) is 0 Å². The predicted octanol–water partition coefficient (Wildman–Crippen LogP) is 2.53. The Balaban J connectivity index is 2.18. The van der Waals surface area contributed by atoms with Gasteiger partial charge in [-0.15, -0.1) is 0 Å². The number of carbonyl (C=O) groups excluding carboxylic acids is 1. The Morgan fingerprint density at radius 2 is 1.62 bits per heavy atom. The number of carbonyl (C=O) groups is 1. The third kappa shape index (κ3) is 1.51. The second-order valence-electron chi connectivity index (χ2n) is 4.94. The highest BCUT2D eigenvalue weighted by Crippen LogP contribution is 2.58. The van der Waals surface area contributed by atoms with E-state index in [4.69, 9.17) is 21.5 Å². The number of esters is 1. The van der Waals surface area contributed by atoms with Crippen molar-refractivity contribution in [3.63, 3.8) is 0 Å². The summed E-state index contributed by atoms with van der Waals surface area (Å²) in [5.41, 5.74) is -0.491. The molecule has 0 spiro atoms. The normalized spacial score (nSPS) is 38.5. The Bertz CT molecular complexity index is 316. The minimum Gasteiger partial charge on any atom is -0.469 e. The fraction of sp³-hybridized carbons (Fsp3) is 0.818. The van der Waals surface area contributed by atoms with Gasteiger partial charge in [0.2, 0.25) is 0 Å². The number of hydrogen-bond acceptors (Lipinski definition) is 4. The van der Waals surface area contributed by atoms with Gasteiger partial charge in [-0.25, -0.2) is 0 Å². The molecule has 1 N–H and O–H groups in total. The lowest BCUT2D eigenvalue weighted by Gasteiger charge is -2.50. The van der Waals surface area contributed by atoms with Gasteiger partial charge in [-0.3, -0.25) is 4.79 Å². The van der Waals surface area contributed by atoms with E-state index in [2.05, 4.69) is 5.16 Å². The molecule has 3 fully saturated rings.